The predicted molar refractivity (Wildman–Crippen MR) is 45.9 cm³/mol. The van der Waals surface area contributed by atoms with Gasteiger partial charge in [-0.15, -0.1) is 6.58 Å². The maximum atomic E-state index is 3.74. The van der Waals surface area contributed by atoms with Crippen LogP contribution >= 0.6 is 0 Å². The third-order valence-electron chi connectivity index (χ3n) is 2.63. The fraction of sp³-hybridized carbons (Fsp3) is 0.800. The molecule has 0 unspecified atom stereocenters. The summed E-state index contributed by atoms with van der Waals surface area (Å²) in [5.74, 6) is 0.981. The van der Waals surface area contributed by atoms with Crippen molar-refractivity contribution in [2.75, 3.05) is 0 Å². The molecule has 58 valence electrons. The first-order chi connectivity index (χ1) is 4.66. The molecule has 0 heteroatoms. The summed E-state index contributed by atoms with van der Waals surface area (Å²) in [7, 11) is 0. The molecule has 0 nitrogen and oxygen atoms in total. The van der Waals surface area contributed by atoms with Gasteiger partial charge >= 0.3 is 0 Å². The molecule has 0 saturated heterocycles. The summed E-state index contributed by atoms with van der Waals surface area (Å²) in [6.45, 7) is 8.48. The van der Waals surface area contributed by atoms with Crippen molar-refractivity contribution < 1.29 is 0 Å². The lowest BCUT2D eigenvalue weighted by Crippen LogP contribution is -2.32. The molecular weight excluding hydrogens is 120 g/mol. The van der Waals surface area contributed by atoms with Gasteiger partial charge in [-0.25, -0.2) is 0 Å². The molecule has 0 radical (unpaired) electrons. The van der Waals surface area contributed by atoms with E-state index in [4.69, 9.17) is 0 Å². The Balaban J connectivity index is 2.20. The molecule has 0 aromatic rings. The second kappa shape index (κ2) is 2.77. The summed E-state index contributed by atoms with van der Waals surface area (Å²) in [5.41, 5.74) is 0.674. The topological polar surface area (TPSA) is 0 Å². The molecule has 0 spiro atoms. The van der Waals surface area contributed by atoms with E-state index in [1.54, 1.807) is 0 Å². The summed E-state index contributed by atoms with van der Waals surface area (Å²) in [4.78, 5) is 0. The van der Waals surface area contributed by atoms with Crippen molar-refractivity contribution in [3.05, 3.63) is 12.7 Å². The fourth-order valence-electron chi connectivity index (χ4n) is 2.28. The summed E-state index contributed by atoms with van der Waals surface area (Å²) in [6.07, 6.45) is 7.44. The van der Waals surface area contributed by atoms with Crippen LogP contribution in [0.15, 0.2) is 12.7 Å². The predicted octanol–water partition coefficient (Wildman–Crippen LogP) is 3.39. The number of hydrogen-bond acceptors (Lipinski definition) is 0. The van der Waals surface area contributed by atoms with Crippen LogP contribution in [0, 0.1) is 11.3 Å². The highest BCUT2D eigenvalue weighted by atomic mass is 14.4. The van der Waals surface area contributed by atoms with E-state index in [-0.39, 0.29) is 0 Å². The molecule has 1 aliphatic carbocycles. The van der Waals surface area contributed by atoms with Crippen molar-refractivity contribution in [2.45, 2.75) is 39.5 Å². The SMILES string of the molecule is C=CCCC1(C)CC(C)C1. The normalized spacial score (nSPS) is 38.8. The minimum Gasteiger partial charge on any atom is -0.103 e. The van der Waals surface area contributed by atoms with Crippen molar-refractivity contribution in [1.82, 2.24) is 0 Å². The Hall–Kier alpha value is -0.260. The molecule has 0 bridgehead atoms. The summed E-state index contributed by atoms with van der Waals surface area (Å²) in [6, 6.07) is 0. The molecular formula is C10H18. The monoisotopic (exact) mass is 138 g/mol. The van der Waals surface area contributed by atoms with E-state index in [0.717, 1.165) is 5.92 Å². The van der Waals surface area contributed by atoms with Crippen LogP contribution < -0.4 is 0 Å². The van der Waals surface area contributed by atoms with Crippen molar-refractivity contribution >= 4 is 0 Å². The number of allylic oxidation sites excluding steroid dienone is 1. The second-order valence-electron chi connectivity index (χ2n) is 4.15. The molecule has 0 heterocycles. The first kappa shape index (κ1) is 7.84. The van der Waals surface area contributed by atoms with Crippen LogP contribution in [0.5, 0.6) is 0 Å². The smallest absolute Gasteiger partial charge is 0.0318 e. The van der Waals surface area contributed by atoms with E-state index in [9.17, 15) is 0 Å². The Morgan fingerprint density at radius 2 is 2.20 bits per heavy atom. The van der Waals surface area contributed by atoms with Gasteiger partial charge < -0.3 is 0 Å². The molecule has 0 aromatic carbocycles. The highest BCUT2D eigenvalue weighted by Gasteiger charge is 2.36. The molecule has 1 fully saturated rings. The average molecular weight is 138 g/mol. The van der Waals surface area contributed by atoms with E-state index in [0.29, 0.717) is 5.41 Å². The lowest BCUT2D eigenvalue weighted by atomic mass is 9.62. The van der Waals surface area contributed by atoms with E-state index in [2.05, 4.69) is 20.4 Å². The van der Waals surface area contributed by atoms with Gasteiger partial charge in [0.15, 0.2) is 0 Å². The third kappa shape index (κ3) is 1.62. The van der Waals surface area contributed by atoms with Crippen LogP contribution in [0.1, 0.15) is 39.5 Å². The molecule has 1 aliphatic rings. The van der Waals surface area contributed by atoms with Gasteiger partial charge in [0.05, 0.1) is 0 Å². The standard InChI is InChI=1S/C10H18/c1-4-5-6-10(3)7-9(2)8-10/h4,9H,1,5-8H2,2-3H3. The van der Waals surface area contributed by atoms with Crippen molar-refractivity contribution in [3.63, 3.8) is 0 Å². The maximum Gasteiger partial charge on any atom is -0.0318 e. The van der Waals surface area contributed by atoms with Gasteiger partial charge in [0.25, 0.3) is 0 Å². The highest BCUT2D eigenvalue weighted by molar-refractivity contribution is 4.89. The van der Waals surface area contributed by atoms with E-state index < -0.39 is 0 Å². The number of hydrogen-bond donors (Lipinski definition) is 0. The lowest BCUT2D eigenvalue weighted by molar-refractivity contribution is 0.0788. The Bertz CT molecular complexity index is 118. The summed E-state index contributed by atoms with van der Waals surface area (Å²) < 4.78 is 0. The molecule has 0 aliphatic heterocycles. The highest BCUT2D eigenvalue weighted by Crippen LogP contribution is 2.48. The molecule has 1 rings (SSSR count). The van der Waals surface area contributed by atoms with Gasteiger partial charge in [0.1, 0.15) is 0 Å². The van der Waals surface area contributed by atoms with Crippen molar-refractivity contribution in [3.8, 4) is 0 Å². The van der Waals surface area contributed by atoms with Gasteiger partial charge in [-0.05, 0) is 37.0 Å². The summed E-state index contributed by atoms with van der Waals surface area (Å²) in [5, 5.41) is 0. The molecule has 0 atom stereocenters. The molecule has 1 saturated carbocycles. The van der Waals surface area contributed by atoms with Crippen LogP contribution in [-0.2, 0) is 0 Å². The maximum absolute atomic E-state index is 3.74. The van der Waals surface area contributed by atoms with Crippen LogP contribution in [0.3, 0.4) is 0 Å². The van der Waals surface area contributed by atoms with Gasteiger partial charge in [-0.3, -0.25) is 0 Å². The zero-order valence-corrected chi connectivity index (χ0v) is 7.19. The fourth-order valence-corrected chi connectivity index (χ4v) is 2.28. The van der Waals surface area contributed by atoms with E-state index in [1.807, 2.05) is 6.08 Å². The molecule has 0 aromatic heterocycles. The zero-order chi connectivity index (χ0) is 7.61. The minimum absolute atomic E-state index is 0.674. The number of rotatable bonds is 3. The van der Waals surface area contributed by atoms with Gasteiger partial charge in [-0.1, -0.05) is 19.9 Å². The Kier molecular flexibility index (Phi) is 2.18. The van der Waals surface area contributed by atoms with E-state index in [1.165, 1.54) is 25.7 Å². The van der Waals surface area contributed by atoms with Crippen LogP contribution in [-0.4, -0.2) is 0 Å². The quantitative estimate of drug-likeness (QED) is 0.524. The largest absolute Gasteiger partial charge is 0.103 e. The van der Waals surface area contributed by atoms with Crippen molar-refractivity contribution in [2.24, 2.45) is 11.3 Å². The minimum atomic E-state index is 0.674. The molecule has 0 N–H and O–H groups in total. The second-order valence-corrected chi connectivity index (χ2v) is 4.15. The van der Waals surface area contributed by atoms with E-state index >= 15 is 0 Å². The van der Waals surface area contributed by atoms with Crippen molar-refractivity contribution in [1.29, 1.82) is 0 Å². The summed E-state index contributed by atoms with van der Waals surface area (Å²) >= 11 is 0. The van der Waals surface area contributed by atoms with Gasteiger partial charge in [0.2, 0.25) is 0 Å². The van der Waals surface area contributed by atoms with Crippen LogP contribution in [0.4, 0.5) is 0 Å². The first-order valence-electron chi connectivity index (χ1n) is 4.27. The first-order valence-corrected chi connectivity index (χ1v) is 4.27. The molecule has 0 amide bonds. The van der Waals surface area contributed by atoms with Crippen LogP contribution in [0.25, 0.3) is 0 Å². The lowest BCUT2D eigenvalue weighted by Gasteiger charge is -2.44. The molecule has 10 heavy (non-hydrogen) atoms. The Morgan fingerprint density at radius 3 is 2.60 bits per heavy atom. The Morgan fingerprint density at radius 1 is 1.60 bits per heavy atom. The average Bonchev–Trinajstić information content (AvgIpc) is 1.81. The third-order valence-corrected chi connectivity index (χ3v) is 2.63. The van der Waals surface area contributed by atoms with Crippen LogP contribution in [0.2, 0.25) is 0 Å². The Labute approximate surface area is 64.3 Å². The van der Waals surface area contributed by atoms with Gasteiger partial charge in [-0.2, -0.15) is 0 Å². The van der Waals surface area contributed by atoms with Gasteiger partial charge in [0, 0.05) is 0 Å². The zero-order valence-electron chi connectivity index (χ0n) is 7.19.